The summed E-state index contributed by atoms with van der Waals surface area (Å²) >= 11 is 1.29. The van der Waals surface area contributed by atoms with Gasteiger partial charge in [-0.25, -0.2) is 4.98 Å². The Balaban J connectivity index is 1.52. The van der Waals surface area contributed by atoms with Crippen LogP contribution in [-0.2, 0) is 4.79 Å². The molecule has 5 nitrogen and oxygen atoms in total. The lowest BCUT2D eigenvalue weighted by Gasteiger charge is -2.46. The standard InChI is InChI=1S/C15H18N2O3S/c1-2-7-15(19)9-17(10-15)13(18)8-21-14-16-11-5-3-4-6-12(11)20-14/h3-6,19H,2,7-10H2,1H3. The monoisotopic (exact) mass is 306 g/mol. The van der Waals surface area contributed by atoms with Crippen molar-refractivity contribution in [1.82, 2.24) is 9.88 Å². The van der Waals surface area contributed by atoms with Crippen molar-refractivity contribution in [2.24, 2.45) is 0 Å². The Bertz CT molecular complexity index is 616. The Kier molecular flexibility index (Phi) is 3.91. The first-order valence-electron chi connectivity index (χ1n) is 7.08. The molecule has 1 amide bonds. The van der Waals surface area contributed by atoms with Crippen molar-refractivity contribution in [3.63, 3.8) is 0 Å². The van der Waals surface area contributed by atoms with Gasteiger partial charge in [0.2, 0.25) is 5.91 Å². The van der Waals surface area contributed by atoms with Crippen molar-refractivity contribution in [3.05, 3.63) is 24.3 Å². The van der Waals surface area contributed by atoms with Crippen molar-refractivity contribution < 1.29 is 14.3 Å². The van der Waals surface area contributed by atoms with E-state index in [2.05, 4.69) is 4.98 Å². The third kappa shape index (κ3) is 3.06. The highest BCUT2D eigenvalue weighted by atomic mass is 32.2. The van der Waals surface area contributed by atoms with E-state index in [1.165, 1.54) is 11.8 Å². The lowest BCUT2D eigenvalue weighted by atomic mass is 9.89. The van der Waals surface area contributed by atoms with Crippen LogP contribution >= 0.6 is 11.8 Å². The number of amides is 1. The van der Waals surface area contributed by atoms with Gasteiger partial charge in [-0.05, 0) is 18.6 Å². The summed E-state index contributed by atoms with van der Waals surface area (Å²) in [5, 5.41) is 10.6. The van der Waals surface area contributed by atoms with Crippen LogP contribution < -0.4 is 0 Å². The largest absolute Gasteiger partial charge is 0.431 e. The summed E-state index contributed by atoms with van der Waals surface area (Å²) in [6.45, 7) is 2.91. The van der Waals surface area contributed by atoms with E-state index in [0.717, 1.165) is 23.9 Å². The third-order valence-electron chi connectivity index (χ3n) is 3.63. The summed E-state index contributed by atoms with van der Waals surface area (Å²) in [7, 11) is 0. The first-order chi connectivity index (χ1) is 10.1. The van der Waals surface area contributed by atoms with Gasteiger partial charge in [0.05, 0.1) is 24.4 Å². The van der Waals surface area contributed by atoms with Crippen molar-refractivity contribution >= 4 is 28.8 Å². The molecule has 1 N–H and O–H groups in total. The summed E-state index contributed by atoms with van der Waals surface area (Å²) in [5.41, 5.74) is 0.856. The number of β-amino-alcohol motifs (C(OH)–C–C–N with tert-alkyl or cyclic N) is 1. The van der Waals surface area contributed by atoms with E-state index < -0.39 is 5.60 Å². The Morgan fingerprint density at radius 2 is 2.24 bits per heavy atom. The SMILES string of the molecule is CCCC1(O)CN(C(=O)CSc2nc3ccccc3o2)C1. The van der Waals surface area contributed by atoms with Crippen molar-refractivity contribution in [1.29, 1.82) is 0 Å². The normalized spacial score (nSPS) is 17.0. The van der Waals surface area contributed by atoms with Gasteiger partial charge in [-0.1, -0.05) is 37.2 Å². The molecular weight excluding hydrogens is 288 g/mol. The van der Waals surface area contributed by atoms with E-state index >= 15 is 0 Å². The van der Waals surface area contributed by atoms with E-state index in [0.29, 0.717) is 18.3 Å². The second kappa shape index (κ2) is 5.69. The maximum absolute atomic E-state index is 12.0. The number of aromatic nitrogens is 1. The first kappa shape index (κ1) is 14.4. The maximum atomic E-state index is 12.0. The average molecular weight is 306 g/mol. The number of likely N-dealkylation sites (tertiary alicyclic amines) is 1. The summed E-state index contributed by atoms with van der Waals surface area (Å²) in [4.78, 5) is 18.0. The molecule has 1 aromatic heterocycles. The van der Waals surface area contributed by atoms with Crippen LogP contribution in [0.25, 0.3) is 11.1 Å². The zero-order valence-electron chi connectivity index (χ0n) is 11.9. The number of benzene rings is 1. The minimum Gasteiger partial charge on any atom is -0.431 e. The van der Waals surface area contributed by atoms with Gasteiger partial charge in [-0.15, -0.1) is 0 Å². The molecule has 0 radical (unpaired) electrons. The highest BCUT2D eigenvalue weighted by Crippen LogP contribution is 2.28. The predicted molar refractivity (Wildman–Crippen MR) is 81.2 cm³/mol. The number of carbonyl (C=O) groups is 1. The fourth-order valence-corrected chi connectivity index (χ4v) is 3.33. The number of para-hydroxylation sites is 2. The molecule has 0 spiro atoms. The van der Waals surface area contributed by atoms with E-state index in [1.54, 1.807) is 4.90 Å². The number of hydrogen-bond donors (Lipinski definition) is 1. The number of hydrogen-bond acceptors (Lipinski definition) is 5. The Morgan fingerprint density at radius 1 is 1.48 bits per heavy atom. The van der Waals surface area contributed by atoms with Crippen LogP contribution in [0.4, 0.5) is 0 Å². The molecule has 6 heteroatoms. The van der Waals surface area contributed by atoms with Crippen molar-refractivity contribution in [3.8, 4) is 0 Å². The van der Waals surface area contributed by atoms with Crippen LogP contribution in [0.15, 0.2) is 33.9 Å². The molecule has 1 saturated heterocycles. The van der Waals surface area contributed by atoms with E-state index in [1.807, 2.05) is 31.2 Å². The molecule has 112 valence electrons. The molecule has 1 fully saturated rings. The van der Waals surface area contributed by atoms with Gasteiger partial charge in [-0.2, -0.15) is 0 Å². The molecule has 1 aliphatic rings. The molecule has 0 unspecified atom stereocenters. The minimum atomic E-state index is -0.674. The zero-order chi connectivity index (χ0) is 14.9. The molecule has 1 aliphatic heterocycles. The molecule has 2 heterocycles. The second-order valence-corrected chi connectivity index (χ2v) is 6.39. The van der Waals surface area contributed by atoms with Gasteiger partial charge in [0, 0.05) is 0 Å². The molecular formula is C15H18N2O3S. The molecule has 0 bridgehead atoms. The number of oxazole rings is 1. The molecule has 0 saturated carbocycles. The van der Waals surface area contributed by atoms with E-state index in [9.17, 15) is 9.90 Å². The number of fused-ring (bicyclic) bond motifs is 1. The minimum absolute atomic E-state index is 0.0167. The van der Waals surface area contributed by atoms with Gasteiger partial charge in [0.15, 0.2) is 5.58 Å². The molecule has 0 aliphatic carbocycles. The van der Waals surface area contributed by atoms with Crippen molar-refractivity contribution in [2.45, 2.75) is 30.6 Å². The highest BCUT2D eigenvalue weighted by Gasteiger charge is 2.42. The van der Waals surface area contributed by atoms with Gasteiger partial charge in [0.1, 0.15) is 5.52 Å². The van der Waals surface area contributed by atoms with Gasteiger partial charge in [-0.3, -0.25) is 4.79 Å². The Morgan fingerprint density at radius 3 is 2.95 bits per heavy atom. The average Bonchev–Trinajstić information content (AvgIpc) is 2.85. The van der Waals surface area contributed by atoms with Crippen LogP contribution in [0.5, 0.6) is 0 Å². The van der Waals surface area contributed by atoms with Gasteiger partial charge in [0.25, 0.3) is 5.22 Å². The van der Waals surface area contributed by atoms with Crippen molar-refractivity contribution in [2.75, 3.05) is 18.8 Å². The molecule has 3 rings (SSSR count). The third-order valence-corrected chi connectivity index (χ3v) is 4.44. The van der Waals surface area contributed by atoms with Crippen LogP contribution in [0, 0.1) is 0 Å². The number of thioether (sulfide) groups is 1. The summed E-state index contributed by atoms with van der Waals surface area (Å²) in [6.07, 6.45) is 1.67. The smallest absolute Gasteiger partial charge is 0.257 e. The van der Waals surface area contributed by atoms with Gasteiger partial charge >= 0.3 is 0 Å². The van der Waals surface area contributed by atoms with E-state index in [4.69, 9.17) is 4.42 Å². The maximum Gasteiger partial charge on any atom is 0.257 e. The lowest BCUT2D eigenvalue weighted by Crippen LogP contribution is -2.63. The van der Waals surface area contributed by atoms with Crippen LogP contribution in [0.3, 0.4) is 0 Å². The number of rotatable bonds is 5. The molecule has 1 aromatic carbocycles. The number of carbonyl (C=O) groups excluding carboxylic acids is 1. The molecule has 21 heavy (non-hydrogen) atoms. The fraction of sp³-hybridized carbons (Fsp3) is 0.467. The summed E-state index contributed by atoms with van der Waals surface area (Å²) in [5.74, 6) is 0.303. The Hall–Kier alpha value is -1.53. The van der Waals surface area contributed by atoms with Crippen LogP contribution in [-0.4, -0.2) is 45.3 Å². The van der Waals surface area contributed by atoms with Crippen LogP contribution in [0.1, 0.15) is 19.8 Å². The molecule has 2 aromatic rings. The number of aliphatic hydroxyl groups is 1. The second-order valence-electron chi connectivity index (χ2n) is 5.46. The van der Waals surface area contributed by atoms with E-state index in [-0.39, 0.29) is 11.7 Å². The van der Waals surface area contributed by atoms with Crippen LogP contribution in [0.2, 0.25) is 0 Å². The predicted octanol–water partition coefficient (Wildman–Crippen LogP) is 2.29. The summed E-state index contributed by atoms with van der Waals surface area (Å²) < 4.78 is 5.56. The Labute approximate surface area is 127 Å². The van der Waals surface area contributed by atoms with Gasteiger partial charge < -0.3 is 14.4 Å². The first-order valence-corrected chi connectivity index (χ1v) is 8.07. The molecule has 0 atom stereocenters. The topological polar surface area (TPSA) is 66.6 Å². The quantitative estimate of drug-likeness (QED) is 0.859. The zero-order valence-corrected chi connectivity index (χ0v) is 12.7. The lowest BCUT2D eigenvalue weighted by molar-refractivity contribution is -0.153. The highest BCUT2D eigenvalue weighted by molar-refractivity contribution is 7.99. The summed E-state index contributed by atoms with van der Waals surface area (Å²) in [6, 6.07) is 7.53. The number of nitrogens with zero attached hydrogens (tertiary/aromatic N) is 2. The fourth-order valence-electron chi connectivity index (χ4n) is 2.59.